The summed E-state index contributed by atoms with van der Waals surface area (Å²) >= 11 is 0. The van der Waals surface area contributed by atoms with Crippen molar-refractivity contribution in [3.05, 3.63) is 60.4 Å². The zero-order valence-electron chi connectivity index (χ0n) is 17.5. The molecule has 0 unspecified atom stereocenters. The van der Waals surface area contributed by atoms with Gasteiger partial charge in [0, 0.05) is 24.8 Å². The Morgan fingerprint density at radius 3 is 2.93 bits per heavy atom. The Balaban J connectivity index is 1.49. The number of benzene rings is 1. The zero-order chi connectivity index (χ0) is 20.9. The van der Waals surface area contributed by atoms with Crippen LogP contribution in [0, 0.1) is 13.8 Å². The van der Waals surface area contributed by atoms with Gasteiger partial charge in [-0.05, 0) is 49.6 Å². The Labute approximate surface area is 176 Å². The lowest BCUT2D eigenvalue weighted by Gasteiger charge is -2.16. The molecular weight excluding hydrogens is 378 g/mol. The van der Waals surface area contributed by atoms with Crippen LogP contribution >= 0.6 is 0 Å². The highest BCUT2D eigenvalue weighted by molar-refractivity contribution is 5.87. The van der Waals surface area contributed by atoms with Crippen LogP contribution < -0.4 is 10.1 Å². The molecule has 156 valence electrons. The smallest absolute Gasteiger partial charge is 0.214 e. The van der Waals surface area contributed by atoms with Crippen LogP contribution in [0.25, 0.3) is 11.0 Å². The highest BCUT2D eigenvalue weighted by atomic mass is 16.5. The molecule has 0 bridgehead atoms. The van der Waals surface area contributed by atoms with E-state index in [0.29, 0.717) is 30.6 Å². The van der Waals surface area contributed by atoms with E-state index in [9.17, 15) is 0 Å². The van der Waals surface area contributed by atoms with E-state index >= 15 is 0 Å². The van der Waals surface area contributed by atoms with Crippen molar-refractivity contribution in [2.75, 3.05) is 31.7 Å². The number of anilines is 2. The van der Waals surface area contributed by atoms with E-state index in [1.807, 2.05) is 18.2 Å². The molecule has 0 radical (unpaired) electrons. The normalized spacial score (nSPS) is 16.7. The molecule has 0 spiro atoms. The molecule has 0 amide bonds. The standard InChI is InChI=1S/C23H27N5O2/c1-4-11-29-15-28-10-9-19(13-28)30-21-8-7-20-22(27-21)23(25-14-24-20)26-18-6-5-16(2)17(3)12-18/h4-8,12,14,19H,1,9-11,13,15H2,2-3H3,(H,24,25,26)/t19-/m0/s1. The van der Waals surface area contributed by atoms with Crippen molar-refractivity contribution < 1.29 is 9.47 Å². The Kier molecular flexibility index (Phi) is 6.21. The first kappa shape index (κ1) is 20.3. The molecule has 1 aromatic carbocycles. The van der Waals surface area contributed by atoms with E-state index in [1.165, 1.54) is 11.1 Å². The van der Waals surface area contributed by atoms with Gasteiger partial charge in [0.2, 0.25) is 5.88 Å². The van der Waals surface area contributed by atoms with E-state index in [2.05, 4.69) is 52.7 Å². The summed E-state index contributed by atoms with van der Waals surface area (Å²) in [5.41, 5.74) is 4.91. The Morgan fingerprint density at radius 2 is 2.10 bits per heavy atom. The van der Waals surface area contributed by atoms with Gasteiger partial charge < -0.3 is 14.8 Å². The van der Waals surface area contributed by atoms with Crippen molar-refractivity contribution in [2.45, 2.75) is 26.4 Å². The maximum atomic E-state index is 6.15. The molecule has 3 heterocycles. The maximum absolute atomic E-state index is 6.15. The van der Waals surface area contributed by atoms with Crippen LogP contribution in [0.3, 0.4) is 0 Å². The topological polar surface area (TPSA) is 72.4 Å². The summed E-state index contributed by atoms with van der Waals surface area (Å²) in [6.07, 6.45) is 4.33. The SMILES string of the molecule is C=CCOCN1CC[C@H](Oc2ccc3ncnc(Nc4ccc(C)c(C)c4)c3n2)C1. The van der Waals surface area contributed by atoms with E-state index < -0.39 is 0 Å². The Hall–Kier alpha value is -3.03. The second-order valence-corrected chi connectivity index (χ2v) is 7.56. The first-order valence-electron chi connectivity index (χ1n) is 10.2. The fourth-order valence-electron chi connectivity index (χ4n) is 3.48. The van der Waals surface area contributed by atoms with Gasteiger partial charge >= 0.3 is 0 Å². The minimum absolute atomic E-state index is 0.0862. The molecule has 1 N–H and O–H groups in total. The summed E-state index contributed by atoms with van der Waals surface area (Å²) in [7, 11) is 0. The second kappa shape index (κ2) is 9.19. The number of nitrogens with zero attached hydrogens (tertiary/aromatic N) is 4. The van der Waals surface area contributed by atoms with E-state index in [-0.39, 0.29) is 6.10 Å². The van der Waals surface area contributed by atoms with Gasteiger partial charge in [-0.3, -0.25) is 4.90 Å². The number of pyridine rings is 1. The van der Waals surface area contributed by atoms with Gasteiger partial charge in [0.05, 0.1) is 18.9 Å². The van der Waals surface area contributed by atoms with Crippen LogP contribution in [-0.4, -0.2) is 52.4 Å². The Bertz CT molecular complexity index is 1040. The third kappa shape index (κ3) is 4.75. The first-order chi connectivity index (χ1) is 14.6. The summed E-state index contributed by atoms with van der Waals surface area (Å²) in [5.74, 6) is 1.25. The Morgan fingerprint density at radius 1 is 1.20 bits per heavy atom. The third-order valence-corrected chi connectivity index (χ3v) is 5.25. The molecular formula is C23H27N5O2. The average molecular weight is 406 g/mol. The molecule has 7 nitrogen and oxygen atoms in total. The second-order valence-electron chi connectivity index (χ2n) is 7.56. The van der Waals surface area contributed by atoms with Gasteiger partial charge in [-0.2, -0.15) is 0 Å². The average Bonchev–Trinajstić information content (AvgIpc) is 3.18. The number of ether oxygens (including phenoxy) is 2. The van der Waals surface area contributed by atoms with Gasteiger partial charge in [0.25, 0.3) is 0 Å². The number of hydrogen-bond donors (Lipinski definition) is 1. The third-order valence-electron chi connectivity index (χ3n) is 5.25. The quantitative estimate of drug-likeness (QED) is 0.449. The molecule has 0 aliphatic carbocycles. The lowest BCUT2D eigenvalue weighted by Crippen LogP contribution is -2.27. The summed E-state index contributed by atoms with van der Waals surface area (Å²) < 4.78 is 11.7. The molecule has 0 saturated carbocycles. The van der Waals surface area contributed by atoms with E-state index in [4.69, 9.17) is 14.5 Å². The minimum atomic E-state index is 0.0862. The summed E-state index contributed by atoms with van der Waals surface area (Å²) in [5, 5.41) is 3.37. The van der Waals surface area contributed by atoms with Crippen LogP contribution in [0.1, 0.15) is 17.5 Å². The number of nitrogens with one attached hydrogen (secondary N) is 1. The van der Waals surface area contributed by atoms with Crippen LogP contribution in [0.2, 0.25) is 0 Å². The molecule has 7 heteroatoms. The highest BCUT2D eigenvalue weighted by Gasteiger charge is 2.24. The van der Waals surface area contributed by atoms with Crippen molar-refractivity contribution >= 4 is 22.5 Å². The summed E-state index contributed by atoms with van der Waals surface area (Å²) in [4.78, 5) is 15.7. The van der Waals surface area contributed by atoms with Crippen molar-refractivity contribution in [3.8, 4) is 5.88 Å². The number of rotatable bonds is 8. The molecule has 4 rings (SSSR count). The summed E-state index contributed by atoms with van der Waals surface area (Å²) in [6, 6.07) is 10.0. The monoisotopic (exact) mass is 405 g/mol. The van der Waals surface area contributed by atoms with Crippen molar-refractivity contribution in [2.24, 2.45) is 0 Å². The number of hydrogen-bond acceptors (Lipinski definition) is 7. The van der Waals surface area contributed by atoms with Crippen LogP contribution in [0.5, 0.6) is 5.88 Å². The first-order valence-corrected chi connectivity index (χ1v) is 10.2. The van der Waals surface area contributed by atoms with Crippen LogP contribution in [0.4, 0.5) is 11.5 Å². The molecule has 1 atom stereocenters. The molecule has 30 heavy (non-hydrogen) atoms. The van der Waals surface area contributed by atoms with Gasteiger partial charge in [-0.15, -0.1) is 6.58 Å². The summed E-state index contributed by atoms with van der Waals surface area (Å²) in [6.45, 7) is 10.8. The lowest BCUT2D eigenvalue weighted by molar-refractivity contribution is 0.0514. The fourth-order valence-corrected chi connectivity index (χ4v) is 3.48. The van der Waals surface area contributed by atoms with Gasteiger partial charge in [-0.1, -0.05) is 12.1 Å². The largest absolute Gasteiger partial charge is 0.473 e. The van der Waals surface area contributed by atoms with Crippen molar-refractivity contribution in [3.63, 3.8) is 0 Å². The lowest BCUT2D eigenvalue weighted by atomic mass is 10.1. The molecule has 1 aliphatic heterocycles. The maximum Gasteiger partial charge on any atom is 0.214 e. The number of fused-ring (bicyclic) bond motifs is 1. The van der Waals surface area contributed by atoms with Crippen molar-refractivity contribution in [1.29, 1.82) is 0 Å². The van der Waals surface area contributed by atoms with Crippen LogP contribution in [-0.2, 0) is 4.74 Å². The highest BCUT2D eigenvalue weighted by Crippen LogP contribution is 2.26. The number of aromatic nitrogens is 3. The predicted molar refractivity (Wildman–Crippen MR) is 118 cm³/mol. The molecule has 1 saturated heterocycles. The van der Waals surface area contributed by atoms with Gasteiger partial charge in [0.15, 0.2) is 5.82 Å². The predicted octanol–water partition coefficient (Wildman–Crippen LogP) is 4.00. The van der Waals surface area contributed by atoms with Gasteiger partial charge in [-0.25, -0.2) is 15.0 Å². The zero-order valence-corrected chi connectivity index (χ0v) is 17.5. The molecule has 1 aliphatic rings. The van der Waals surface area contributed by atoms with Gasteiger partial charge in [0.1, 0.15) is 17.9 Å². The minimum Gasteiger partial charge on any atom is -0.473 e. The molecule has 1 fully saturated rings. The molecule has 3 aromatic rings. The fraction of sp³-hybridized carbons (Fsp3) is 0.348. The van der Waals surface area contributed by atoms with Crippen molar-refractivity contribution in [1.82, 2.24) is 19.9 Å². The van der Waals surface area contributed by atoms with Crippen LogP contribution in [0.15, 0.2) is 49.3 Å². The molecule has 2 aromatic heterocycles. The van der Waals surface area contributed by atoms with E-state index in [1.54, 1.807) is 12.4 Å². The van der Waals surface area contributed by atoms with E-state index in [0.717, 1.165) is 30.7 Å². The number of aryl methyl sites for hydroxylation is 2. The number of likely N-dealkylation sites (tertiary alicyclic amines) is 1.